The first-order valence-corrected chi connectivity index (χ1v) is 7.03. The van der Waals surface area contributed by atoms with E-state index in [0.29, 0.717) is 12.3 Å². The number of benzene rings is 1. The Labute approximate surface area is 119 Å². The number of para-hydroxylation sites is 1. The summed E-state index contributed by atoms with van der Waals surface area (Å²) in [4.78, 5) is 16.2. The Balaban J connectivity index is 1.98. The van der Waals surface area contributed by atoms with Gasteiger partial charge < -0.3 is 19.6 Å². The van der Waals surface area contributed by atoms with Gasteiger partial charge >= 0.3 is 6.09 Å². The molecule has 0 saturated carbocycles. The zero-order valence-corrected chi connectivity index (χ0v) is 11.9. The zero-order chi connectivity index (χ0) is 14.4. The fourth-order valence-electron chi connectivity index (χ4n) is 2.49. The molecule has 1 aromatic rings. The third-order valence-corrected chi connectivity index (χ3v) is 3.65. The van der Waals surface area contributed by atoms with Crippen molar-refractivity contribution in [3.05, 3.63) is 30.3 Å². The van der Waals surface area contributed by atoms with Crippen molar-refractivity contribution < 1.29 is 14.6 Å². The Morgan fingerprint density at radius 1 is 1.35 bits per heavy atom. The standard InChI is InChI=1S/C15H22N2O3/c1-16-9-7-13(8-10-16)17(11-12-18)15(19)20-14-5-3-2-4-6-14/h2-6,13,18H,7-12H2,1H3. The van der Waals surface area contributed by atoms with Gasteiger partial charge in [0.2, 0.25) is 0 Å². The maximum Gasteiger partial charge on any atom is 0.415 e. The fraction of sp³-hybridized carbons (Fsp3) is 0.533. The van der Waals surface area contributed by atoms with E-state index in [9.17, 15) is 9.90 Å². The molecule has 20 heavy (non-hydrogen) atoms. The van der Waals surface area contributed by atoms with E-state index < -0.39 is 0 Å². The summed E-state index contributed by atoms with van der Waals surface area (Å²) >= 11 is 0. The lowest BCUT2D eigenvalue weighted by Crippen LogP contribution is -2.48. The van der Waals surface area contributed by atoms with E-state index in [4.69, 9.17) is 4.74 Å². The van der Waals surface area contributed by atoms with Crippen LogP contribution < -0.4 is 4.74 Å². The number of aliphatic hydroxyl groups is 1. The van der Waals surface area contributed by atoms with Gasteiger partial charge in [0, 0.05) is 12.6 Å². The maximum absolute atomic E-state index is 12.3. The Bertz CT molecular complexity index is 416. The molecule has 1 saturated heterocycles. The van der Waals surface area contributed by atoms with Crippen molar-refractivity contribution in [2.45, 2.75) is 18.9 Å². The first-order chi connectivity index (χ1) is 9.70. The van der Waals surface area contributed by atoms with E-state index in [0.717, 1.165) is 25.9 Å². The molecule has 1 N–H and O–H groups in total. The monoisotopic (exact) mass is 278 g/mol. The lowest BCUT2D eigenvalue weighted by Gasteiger charge is -2.36. The van der Waals surface area contributed by atoms with E-state index >= 15 is 0 Å². The van der Waals surface area contributed by atoms with Crippen LogP contribution in [0.25, 0.3) is 0 Å². The lowest BCUT2D eigenvalue weighted by atomic mass is 10.0. The average Bonchev–Trinajstić information content (AvgIpc) is 2.47. The molecule has 0 aliphatic carbocycles. The van der Waals surface area contributed by atoms with Crippen molar-refractivity contribution in [3.8, 4) is 5.75 Å². The van der Waals surface area contributed by atoms with E-state index in [1.165, 1.54) is 0 Å². The molecule has 1 fully saturated rings. The minimum atomic E-state index is -0.375. The zero-order valence-electron chi connectivity index (χ0n) is 11.9. The second-order valence-electron chi connectivity index (χ2n) is 5.13. The predicted octanol–water partition coefficient (Wildman–Crippen LogP) is 1.57. The van der Waals surface area contributed by atoms with Crippen LogP contribution in [0.5, 0.6) is 5.75 Å². The highest BCUT2D eigenvalue weighted by Crippen LogP contribution is 2.18. The molecule has 0 spiro atoms. The quantitative estimate of drug-likeness (QED) is 0.908. The Morgan fingerprint density at radius 3 is 2.60 bits per heavy atom. The molecule has 1 aliphatic rings. The Kier molecular flexibility index (Phi) is 5.38. The SMILES string of the molecule is CN1CCC(N(CCO)C(=O)Oc2ccccc2)CC1. The molecule has 1 amide bonds. The number of piperidine rings is 1. The van der Waals surface area contributed by atoms with Crippen LogP contribution in [-0.2, 0) is 0 Å². The van der Waals surface area contributed by atoms with Gasteiger partial charge in [-0.15, -0.1) is 0 Å². The van der Waals surface area contributed by atoms with Crippen molar-refractivity contribution in [3.63, 3.8) is 0 Å². The van der Waals surface area contributed by atoms with E-state index in [2.05, 4.69) is 11.9 Å². The second kappa shape index (κ2) is 7.26. The van der Waals surface area contributed by atoms with Crippen molar-refractivity contribution in [1.29, 1.82) is 0 Å². The van der Waals surface area contributed by atoms with Crippen LogP contribution in [-0.4, -0.2) is 60.3 Å². The number of ether oxygens (including phenoxy) is 1. The second-order valence-corrected chi connectivity index (χ2v) is 5.13. The van der Waals surface area contributed by atoms with Crippen molar-refractivity contribution >= 4 is 6.09 Å². The summed E-state index contributed by atoms with van der Waals surface area (Å²) in [6.45, 7) is 2.20. The van der Waals surface area contributed by atoms with Gasteiger partial charge in [0.1, 0.15) is 5.75 Å². The van der Waals surface area contributed by atoms with E-state index in [-0.39, 0.29) is 18.7 Å². The number of nitrogens with zero attached hydrogens (tertiary/aromatic N) is 2. The molecule has 0 unspecified atom stereocenters. The molecule has 1 heterocycles. The molecule has 0 radical (unpaired) electrons. The van der Waals surface area contributed by atoms with Gasteiger partial charge in [-0.25, -0.2) is 4.79 Å². The van der Waals surface area contributed by atoms with Gasteiger partial charge in [-0.05, 0) is 45.1 Å². The van der Waals surface area contributed by atoms with Gasteiger partial charge in [0.15, 0.2) is 0 Å². The first-order valence-electron chi connectivity index (χ1n) is 7.03. The normalized spacial score (nSPS) is 16.9. The van der Waals surface area contributed by atoms with Crippen molar-refractivity contribution in [2.75, 3.05) is 33.3 Å². The minimum Gasteiger partial charge on any atom is -0.410 e. The van der Waals surface area contributed by atoms with Gasteiger partial charge in [0.05, 0.1) is 6.61 Å². The molecule has 5 heteroatoms. The van der Waals surface area contributed by atoms with E-state index in [1.54, 1.807) is 17.0 Å². The average molecular weight is 278 g/mol. The van der Waals surface area contributed by atoms with Crippen LogP contribution in [0.15, 0.2) is 30.3 Å². The number of carbonyl (C=O) groups excluding carboxylic acids is 1. The first kappa shape index (κ1) is 14.8. The van der Waals surface area contributed by atoms with Crippen LogP contribution >= 0.6 is 0 Å². The third kappa shape index (κ3) is 3.95. The minimum absolute atomic E-state index is 0.0454. The molecule has 5 nitrogen and oxygen atoms in total. The van der Waals surface area contributed by atoms with Gasteiger partial charge in [-0.3, -0.25) is 0 Å². The summed E-state index contributed by atoms with van der Waals surface area (Å²) < 4.78 is 5.37. The van der Waals surface area contributed by atoms with Gasteiger partial charge in [0.25, 0.3) is 0 Å². The Morgan fingerprint density at radius 2 is 2.00 bits per heavy atom. The topological polar surface area (TPSA) is 53.0 Å². The summed E-state index contributed by atoms with van der Waals surface area (Å²) in [5.74, 6) is 0.536. The number of carbonyl (C=O) groups is 1. The summed E-state index contributed by atoms with van der Waals surface area (Å²) in [6, 6.07) is 9.19. The molecule has 0 atom stereocenters. The van der Waals surface area contributed by atoms with Crippen LogP contribution in [0.1, 0.15) is 12.8 Å². The van der Waals surface area contributed by atoms with Gasteiger partial charge in [-0.2, -0.15) is 0 Å². The fourth-order valence-corrected chi connectivity index (χ4v) is 2.49. The highest BCUT2D eigenvalue weighted by molar-refractivity contribution is 5.71. The number of likely N-dealkylation sites (tertiary alicyclic amines) is 1. The predicted molar refractivity (Wildman–Crippen MR) is 76.8 cm³/mol. The van der Waals surface area contributed by atoms with Crippen molar-refractivity contribution in [2.24, 2.45) is 0 Å². The molecule has 0 aromatic heterocycles. The summed E-state index contributed by atoms with van der Waals surface area (Å²) in [7, 11) is 2.08. The van der Waals surface area contributed by atoms with Crippen LogP contribution in [0, 0.1) is 0 Å². The van der Waals surface area contributed by atoms with Crippen LogP contribution in [0.3, 0.4) is 0 Å². The summed E-state index contributed by atoms with van der Waals surface area (Å²) in [5.41, 5.74) is 0. The van der Waals surface area contributed by atoms with Crippen LogP contribution in [0.2, 0.25) is 0 Å². The number of hydrogen-bond acceptors (Lipinski definition) is 4. The highest BCUT2D eigenvalue weighted by atomic mass is 16.6. The third-order valence-electron chi connectivity index (χ3n) is 3.65. The molecule has 110 valence electrons. The summed E-state index contributed by atoms with van der Waals surface area (Å²) in [6.07, 6.45) is 1.46. The number of aliphatic hydroxyl groups excluding tert-OH is 1. The Hall–Kier alpha value is -1.59. The molecular formula is C15H22N2O3. The molecule has 1 aliphatic heterocycles. The smallest absolute Gasteiger partial charge is 0.410 e. The molecule has 1 aromatic carbocycles. The lowest BCUT2D eigenvalue weighted by molar-refractivity contribution is 0.0894. The highest BCUT2D eigenvalue weighted by Gasteiger charge is 2.27. The van der Waals surface area contributed by atoms with Crippen molar-refractivity contribution in [1.82, 2.24) is 9.80 Å². The molecular weight excluding hydrogens is 256 g/mol. The number of rotatable bonds is 4. The van der Waals surface area contributed by atoms with Crippen LogP contribution in [0.4, 0.5) is 4.79 Å². The maximum atomic E-state index is 12.3. The van der Waals surface area contributed by atoms with Gasteiger partial charge in [-0.1, -0.05) is 18.2 Å². The number of hydrogen-bond donors (Lipinski definition) is 1. The molecule has 2 rings (SSSR count). The largest absolute Gasteiger partial charge is 0.415 e. The van der Waals surface area contributed by atoms with E-state index in [1.807, 2.05) is 18.2 Å². The number of amides is 1. The summed E-state index contributed by atoms with van der Waals surface area (Å²) in [5, 5.41) is 9.17. The molecule has 0 bridgehead atoms.